The highest BCUT2D eigenvalue weighted by atomic mass is 35.5. The number of imidazole rings is 1. The number of pyridine rings is 1. The lowest BCUT2D eigenvalue weighted by atomic mass is 10.1. The highest BCUT2D eigenvalue weighted by Crippen LogP contribution is 2.23. The van der Waals surface area contributed by atoms with Crippen molar-refractivity contribution in [2.24, 2.45) is 0 Å². The fraction of sp³-hybridized carbons (Fsp3) is 0.200. The zero-order chi connectivity index (χ0) is 14.3. The second kappa shape index (κ2) is 5.08. The second-order valence-electron chi connectivity index (χ2n) is 4.77. The van der Waals surface area contributed by atoms with Crippen LogP contribution in [0.5, 0.6) is 0 Å². The standard InChI is InChI=1S/C15H13Cl2N3/c1-9-5-12-14(6-10(9)2)20(8-18-12)15-4-3-11(17)13(7-16)19-15/h3-6,8H,7H2,1-2H3. The van der Waals surface area contributed by atoms with Gasteiger partial charge in [-0.25, -0.2) is 9.97 Å². The monoisotopic (exact) mass is 305 g/mol. The Bertz CT molecular complexity index is 793. The number of benzene rings is 1. The van der Waals surface area contributed by atoms with E-state index >= 15 is 0 Å². The van der Waals surface area contributed by atoms with Crippen LogP contribution in [-0.4, -0.2) is 14.5 Å². The number of halogens is 2. The molecule has 1 aromatic carbocycles. The first kappa shape index (κ1) is 13.4. The number of aromatic nitrogens is 3. The maximum Gasteiger partial charge on any atom is 0.138 e. The topological polar surface area (TPSA) is 30.7 Å². The van der Waals surface area contributed by atoms with Gasteiger partial charge in [0.1, 0.15) is 12.1 Å². The fourth-order valence-corrected chi connectivity index (χ4v) is 2.59. The molecule has 0 bridgehead atoms. The van der Waals surface area contributed by atoms with E-state index in [0.717, 1.165) is 16.9 Å². The van der Waals surface area contributed by atoms with E-state index in [-0.39, 0.29) is 5.88 Å². The molecular formula is C15H13Cl2N3. The van der Waals surface area contributed by atoms with E-state index in [9.17, 15) is 0 Å². The lowest BCUT2D eigenvalue weighted by Crippen LogP contribution is -1.99. The van der Waals surface area contributed by atoms with Crippen molar-refractivity contribution >= 4 is 34.2 Å². The fourth-order valence-electron chi connectivity index (χ4n) is 2.15. The quantitative estimate of drug-likeness (QED) is 0.656. The summed E-state index contributed by atoms with van der Waals surface area (Å²) in [7, 11) is 0. The van der Waals surface area contributed by atoms with Crippen molar-refractivity contribution < 1.29 is 0 Å². The zero-order valence-electron chi connectivity index (χ0n) is 11.2. The van der Waals surface area contributed by atoms with E-state index in [1.807, 2.05) is 16.7 Å². The molecule has 0 amide bonds. The number of fused-ring (bicyclic) bond motifs is 1. The van der Waals surface area contributed by atoms with E-state index in [1.54, 1.807) is 6.33 Å². The number of rotatable bonds is 2. The normalized spacial score (nSPS) is 11.2. The maximum atomic E-state index is 6.05. The van der Waals surface area contributed by atoms with Gasteiger partial charge in [0, 0.05) is 0 Å². The van der Waals surface area contributed by atoms with Gasteiger partial charge in [0.15, 0.2) is 0 Å². The molecule has 5 heteroatoms. The van der Waals surface area contributed by atoms with Gasteiger partial charge in [-0.3, -0.25) is 4.57 Å². The molecule has 0 fully saturated rings. The minimum atomic E-state index is 0.289. The molecule has 0 N–H and O–H groups in total. The average molecular weight is 306 g/mol. The molecule has 20 heavy (non-hydrogen) atoms. The number of hydrogen-bond acceptors (Lipinski definition) is 2. The van der Waals surface area contributed by atoms with Crippen LogP contribution >= 0.6 is 23.2 Å². The lowest BCUT2D eigenvalue weighted by Gasteiger charge is -2.07. The average Bonchev–Trinajstić information content (AvgIpc) is 2.83. The summed E-state index contributed by atoms with van der Waals surface area (Å²) in [4.78, 5) is 8.93. The summed E-state index contributed by atoms with van der Waals surface area (Å²) in [5, 5.41) is 0.584. The molecule has 0 atom stereocenters. The summed E-state index contributed by atoms with van der Waals surface area (Å²) in [5.74, 6) is 1.06. The molecule has 0 radical (unpaired) electrons. The first-order valence-corrected chi connectivity index (χ1v) is 7.17. The van der Waals surface area contributed by atoms with Crippen LogP contribution in [0.4, 0.5) is 0 Å². The van der Waals surface area contributed by atoms with Crippen molar-refractivity contribution in [2.45, 2.75) is 19.7 Å². The number of alkyl halides is 1. The summed E-state index contributed by atoms with van der Waals surface area (Å²) >= 11 is 11.9. The highest BCUT2D eigenvalue weighted by molar-refractivity contribution is 6.32. The Morgan fingerprint density at radius 2 is 1.90 bits per heavy atom. The molecule has 0 unspecified atom stereocenters. The first-order chi connectivity index (χ1) is 9.60. The van der Waals surface area contributed by atoms with Crippen LogP contribution in [0.2, 0.25) is 5.02 Å². The minimum Gasteiger partial charge on any atom is -0.283 e. The Balaban J connectivity index is 2.22. The van der Waals surface area contributed by atoms with Gasteiger partial charge in [-0.15, -0.1) is 11.6 Å². The SMILES string of the molecule is Cc1cc2ncn(-c3ccc(Cl)c(CCl)n3)c2cc1C. The first-order valence-electron chi connectivity index (χ1n) is 6.26. The van der Waals surface area contributed by atoms with E-state index in [1.165, 1.54) is 11.1 Å². The molecule has 3 nitrogen and oxygen atoms in total. The van der Waals surface area contributed by atoms with Crippen molar-refractivity contribution in [3.05, 3.63) is 52.4 Å². The smallest absolute Gasteiger partial charge is 0.138 e. The molecule has 2 heterocycles. The van der Waals surface area contributed by atoms with Crippen molar-refractivity contribution in [1.29, 1.82) is 0 Å². The maximum absolute atomic E-state index is 6.05. The van der Waals surface area contributed by atoms with Crippen LogP contribution in [0.15, 0.2) is 30.6 Å². The second-order valence-corrected chi connectivity index (χ2v) is 5.45. The van der Waals surface area contributed by atoms with Gasteiger partial charge in [-0.2, -0.15) is 0 Å². The summed E-state index contributed by atoms with van der Waals surface area (Å²) in [6, 6.07) is 7.89. The van der Waals surface area contributed by atoms with Gasteiger partial charge in [0.05, 0.1) is 27.6 Å². The third-order valence-corrected chi connectivity index (χ3v) is 4.04. The third kappa shape index (κ3) is 2.17. The molecule has 3 aromatic rings. The Morgan fingerprint density at radius 1 is 1.15 bits per heavy atom. The van der Waals surface area contributed by atoms with E-state index in [2.05, 4.69) is 35.9 Å². The molecule has 0 aliphatic rings. The largest absolute Gasteiger partial charge is 0.283 e. The van der Waals surface area contributed by atoms with Gasteiger partial charge in [-0.05, 0) is 49.2 Å². The Morgan fingerprint density at radius 3 is 2.65 bits per heavy atom. The molecule has 0 spiro atoms. The molecular weight excluding hydrogens is 293 g/mol. The molecule has 102 valence electrons. The van der Waals surface area contributed by atoms with E-state index < -0.39 is 0 Å². The van der Waals surface area contributed by atoms with Crippen LogP contribution in [0, 0.1) is 13.8 Å². The summed E-state index contributed by atoms with van der Waals surface area (Å²) in [6.07, 6.45) is 1.78. The van der Waals surface area contributed by atoms with Crippen LogP contribution < -0.4 is 0 Å². The Kier molecular flexibility index (Phi) is 3.40. The highest BCUT2D eigenvalue weighted by Gasteiger charge is 2.09. The van der Waals surface area contributed by atoms with Gasteiger partial charge < -0.3 is 0 Å². The molecule has 3 rings (SSSR count). The Labute approximate surface area is 127 Å². The molecule has 0 saturated carbocycles. The number of aryl methyl sites for hydroxylation is 2. The summed E-state index contributed by atoms with van der Waals surface area (Å²) in [6.45, 7) is 4.17. The predicted molar refractivity (Wildman–Crippen MR) is 82.9 cm³/mol. The van der Waals surface area contributed by atoms with Gasteiger partial charge in [-0.1, -0.05) is 11.6 Å². The predicted octanol–water partition coefficient (Wildman–Crippen LogP) is 4.43. The van der Waals surface area contributed by atoms with Crippen LogP contribution in [0.25, 0.3) is 16.9 Å². The Hall–Kier alpha value is -1.58. The van der Waals surface area contributed by atoms with E-state index in [4.69, 9.17) is 23.2 Å². The van der Waals surface area contributed by atoms with Crippen molar-refractivity contribution in [1.82, 2.24) is 14.5 Å². The third-order valence-electron chi connectivity index (χ3n) is 3.44. The van der Waals surface area contributed by atoms with Crippen LogP contribution in [0.3, 0.4) is 0 Å². The van der Waals surface area contributed by atoms with Crippen molar-refractivity contribution in [3.8, 4) is 5.82 Å². The molecule has 0 saturated heterocycles. The zero-order valence-corrected chi connectivity index (χ0v) is 12.7. The summed E-state index contributed by atoms with van der Waals surface area (Å²) in [5.41, 5.74) is 5.12. The van der Waals surface area contributed by atoms with Crippen molar-refractivity contribution in [2.75, 3.05) is 0 Å². The van der Waals surface area contributed by atoms with Crippen LogP contribution in [0.1, 0.15) is 16.8 Å². The molecule has 0 aliphatic carbocycles. The number of hydrogen-bond donors (Lipinski definition) is 0. The van der Waals surface area contributed by atoms with Crippen molar-refractivity contribution in [3.63, 3.8) is 0 Å². The summed E-state index contributed by atoms with van der Waals surface area (Å²) < 4.78 is 1.95. The van der Waals surface area contributed by atoms with Gasteiger partial charge in [0.25, 0.3) is 0 Å². The van der Waals surface area contributed by atoms with Gasteiger partial charge >= 0.3 is 0 Å². The minimum absolute atomic E-state index is 0.289. The molecule has 0 aliphatic heterocycles. The van der Waals surface area contributed by atoms with Gasteiger partial charge in [0.2, 0.25) is 0 Å². The molecule has 2 aromatic heterocycles. The van der Waals surface area contributed by atoms with E-state index in [0.29, 0.717) is 10.7 Å². The van der Waals surface area contributed by atoms with Crippen LogP contribution in [-0.2, 0) is 5.88 Å². The number of nitrogens with zero attached hydrogens (tertiary/aromatic N) is 3. The lowest BCUT2D eigenvalue weighted by molar-refractivity contribution is 0.994.